The van der Waals surface area contributed by atoms with E-state index in [1.54, 1.807) is 12.4 Å². The summed E-state index contributed by atoms with van der Waals surface area (Å²) in [6, 6.07) is 14.0. The van der Waals surface area contributed by atoms with Crippen molar-refractivity contribution < 1.29 is 0 Å². The lowest BCUT2D eigenvalue weighted by Crippen LogP contribution is -2.24. The van der Waals surface area contributed by atoms with E-state index in [9.17, 15) is 0 Å². The highest BCUT2D eigenvalue weighted by Crippen LogP contribution is 2.27. The Balaban J connectivity index is 2.13. The third-order valence-corrected chi connectivity index (χ3v) is 3.65. The van der Waals surface area contributed by atoms with Gasteiger partial charge in [-0.25, -0.2) is 9.97 Å². The van der Waals surface area contributed by atoms with E-state index in [4.69, 9.17) is 10.2 Å². The molecule has 1 atom stereocenters. The number of anilines is 1. The summed E-state index contributed by atoms with van der Waals surface area (Å²) in [5, 5.41) is 10.0. The van der Waals surface area contributed by atoms with Gasteiger partial charge in [0.2, 0.25) is 0 Å². The summed E-state index contributed by atoms with van der Waals surface area (Å²) < 4.78 is 0. The first kappa shape index (κ1) is 14.9. The van der Waals surface area contributed by atoms with Gasteiger partial charge in [0.25, 0.3) is 0 Å². The van der Waals surface area contributed by atoms with Crippen LogP contribution >= 0.6 is 0 Å². The lowest BCUT2D eigenvalue weighted by molar-refractivity contribution is 0.712. The van der Waals surface area contributed by atoms with Crippen molar-refractivity contribution in [1.29, 1.82) is 5.26 Å². The minimum Gasteiger partial charge on any atom is -0.358 e. The highest BCUT2D eigenvalue weighted by molar-refractivity contribution is 5.90. The van der Waals surface area contributed by atoms with Crippen LogP contribution in [0.3, 0.4) is 0 Å². The largest absolute Gasteiger partial charge is 0.358 e. The SMILES string of the molecule is C[C@@H](C#N)CN(C)c1nc(-c2ccncc2)nc2ccccc12. The van der Waals surface area contributed by atoms with Crippen LogP contribution in [0, 0.1) is 17.2 Å². The van der Waals surface area contributed by atoms with Crippen molar-refractivity contribution in [3.63, 3.8) is 0 Å². The summed E-state index contributed by atoms with van der Waals surface area (Å²) in [5.74, 6) is 1.43. The van der Waals surface area contributed by atoms with Crippen molar-refractivity contribution in [3.8, 4) is 17.5 Å². The Kier molecular flexibility index (Phi) is 4.15. The molecule has 0 aliphatic heterocycles. The number of benzene rings is 1. The van der Waals surface area contributed by atoms with Crippen molar-refractivity contribution >= 4 is 16.7 Å². The Morgan fingerprint density at radius 3 is 2.61 bits per heavy atom. The Morgan fingerprint density at radius 1 is 1.13 bits per heavy atom. The second-order valence-corrected chi connectivity index (χ2v) is 5.53. The van der Waals surface area contributed by atoms with Crippen LogP contribution in [0.2, 0.25) is 0 Å². The van der Waals surface area contributed by atoms with Crippen LogP contribution in [-0.4, -0.2) is 28.5 Å². The molecule has 0 N–H and O–H groups in total. The summed E-state index contributed by atoms with van der Waals surface area (Å²) in [6.45, 7) is 2.52. The number of aromatic nitrogens is 3. The van der Waals surface area contributed by atoms with Crippen LogP contribution in [0.4, 0.5) is 5.82 Å². The highest BCUT2D eigenvalue weighted by Gasteiger charge is 2.14. The van der Waals surface area contributed by atoms with Gasteiger partial charge in [-0.2, -0.15) is 5.26 Å². The summed E-state index contributed by atoms with van der Waals surface area (Å²) in [4.78, 5) is 15.4. The van der Waals surface area contributed by atoms with Crippen LogP contribution in [-0.2, 0) is 0 Å². The second kappa shape index (κ2) is 6.41. The molecule has 0 spiro atoms. The number of pyridine rings is 1. The molecule has 3 rings (SSSR count). The predicted molar refractivity (Wildman–Crippen MR) is 90.8 cm³/mol. The van der Waals surface area contributed by atoms with Gasteiger partial charge in [0, 0.05) is 36.9 Å². The molecule has 2 aromatic heterocycles. The molecule has 0 saturated carbocycles. The van der Waals surface area contributed by atoms with Crippen molar-refractivity contribution in [3.05, 3.63) is 48.8 Å². The zero-order valence-electron chi connectivity index (χ0n) is 13.1. The van der Waals surface area contributed by atoms with Gasteiger partial charge in [-0.15, -0.1) is 0 Å². The molecule has 23 heavy (non-hydrogen) atoms. The molecule has 0 bridgehead atoms. The van der Waals surface area contributed by atoms with Gasteiger partial charge in [-0.3, -0.25) is 4.98 Å². The number of nitriles is 1. The van der Waals surface area contributed by atoms with Crippen LogP contribution in [0.25, 0.3) is 22.3 Å². The zero-order valence-corrected chi connectivity index (χ0v) is 13.1. The first-order valence-corrected chi connectivity index (χ1v) is 7.47. The molecule has 5 nitrogen and oxygen atoms in total. The zero-order chi connectivity index (χ0) is 16.2. The maximum Gasteiger partial charge on any atom is 0.162 e. The fourth-order valence-corrected chi connectivity index (χ4v) is 2.52. The summed E-state index contributed by atoms with van der Waals surface area (Å²) >= 11 is 0. The van der Waals surface area contributed by atoms with Gasteiger partial charge in [0.1, 0.15) is 5.82 Å². The Hall–Kier alpha value is -3.00. The number of rotatable bonds is 4. The Labute approximate surface area is 135 Å². The van der Waals surface area contributed by atoms with E-state index < -0.39 is 0 Å². The van der Waals surface area contributed by atoms with Gasteiger partial charge >= 0.3 is 0 Å². The van der Waals surface area contributed by atoms with E-state index in [0.717, 1.165) is 22.3 Å². The van der Waals surface area contributed by atoms with Crippen LogP contribution in [0.1, 0.15) is 6.92 Å². The smallest absolute Gasteiger partial charge is 0.162 e. The third-order valence-electron chi connectivity index (χ3n) is 3.65. The van der Waals surface area contributed by atoms with Gasteiger partial charge in [0.05, 0.1) is 17.5 Å². The predicted octanol–water partition coefficient (Wildman–Crippen LogP) is 3.29. The summed E-state index contributed by atoms with van der Waals surface area (Å²) in [5.41, 5.74) is 1.81. The van der Waals surface area contributed by atoms with Crippen molar-refractivity contribution in [2.75, 3.05) is 18.5 Å². The molecule has 0 saturated heterocycles. The molecule has 0 aliphatic rings. The van der Waals surface area contributed by atoms with E-state index in [0.29, 0.717) is 12.4 Å². The number of hydrogen-bond donors (Lipinski definition) is 0. The Bertz CT molecular complexity index is 854. The van der Waals surface area contributed by atoms with Crippen molar-refractivity contribution in [2.24, 2.45) is 5.92 Å². The molecule has 0 aliphatic carbocycles. The molecule has 5 heteroatoms. The Morgan fingerprint density at radius 2 is 1.87 bits per heavy atom. The minimum atomic E-state index is -0.0712. The molecule has 2 heterocycles. The third kappa shape index (κ3) is 3.11. The van der Waals surface area contributed by atoms with E-state index in [2.05, 4.69) is 16.0 Å². The van der Waals surface area contributed by atoms with Crippen LogP contribution in [0.5, 0.6) is 0 Å². The molecular weight excluding hydrogens is 286 g/mol. The first-order chi connectivity index (χ1) is 11.2. The molecule has 3 aromatic rings. The molecule has 114 valence electrons. The van der Waals surface area contributed by atoms with E-state index in [1.165, 1.54) is 0 Å². The highest BCUT2D eigenvalue weighted by atomic mass is 15.2. The van der Waals surface area contributed by atoms with E-state index in [-0.39, 0.29) is 5.92 Å². The average molecular weight is 303 g/mol. The number of nitrogens with zero attached hydrogens (tertiary/aromatic N) is 5. The van der Waals surface area contributed by atoms with Gasteiger partial charge < -0.3 is 4.90 Å². The van der Waals surface area contributed by atoms with Gasteiger partial charge in [0.15, 0.2) is 5.82 Å². The number of hydrogen-bond acceptors (Lipinski definition) is 5. The maximum absolute atomic E-state index is 9.06. The number of para-hydroxylation sites is 1. The van der Waals surface area contributed by atoms with Crippen LogP contribution in [0.15, 0.2) is 48.8 Å². The molecular formula is C18H17N5. The molecule has 0 fully saturated rings. The topological polar surface area (TPSA) is 65.7 Å². The van der Waals surface area contributed by atoms with E-state index >= 15 is 0 Å². The summed E-state index contributed by atoms with van der Waals surface area (Å²) in [7, 11) is 1.96. The summed E-state index contributed by atoms with van der Waals surface area (Å²) in [6.07, 6.45) is 3.46. The van der Waals surface area contributed by atoms with Gasteiger partial charge in [-0.1, -0.05) is 12.1 Å². The molecule has 0 radical (unpaired) electrons. The molecule has 1 aromatic carbocycles. The average Bonchev–Trinajstić information content (AvgIpc) is 2.61. The van der Waals surface area contributed by atoms with Crippen molar-refractivity contribution in [1.82, 2.24) is 15.0 Å². The van der Waals surface area contributed by atoms with E-state index in [1.807, 2.05) is 55.3 Å². The number of fused-ring (bicyclic) bond motifs is 1. The molecule has 0 unspecified atom stereocenters. The first-order valence-electron chi connectivity index (χ1n) is 7.47. The second-order valence-electron chi connectivity index (χ2n) is 5.53. The minimum absolute atomic E-state index is 0.0712. The quantitative estimate of drug-likeness (QED) is 0.740. The van der Waals surface area contributed by atoms with Crippen molar-refractivity contribution in [2.45, 2.75) is 6.92 Å². The lowest BCUT2D eigenvalue weighted by Gasteiger charge is -2.21. The maximum atomic E-state index is 9.06. The monoisotopic (exact) mass is 303 g/mol. The fourth-order valence-electron chi connectivity index (χ4n) is 2.52. The van der Waals surface area contributed by atoms with Gasteiger partial charge in [-0.05, 0) is 31.2 Å². The van der Waals surface area contributed by atoms with Crippen LogP contribution < -0.4 is 4.90 Å². The fraction of sp³-hybridized carbons (Fsp3) is 0.222. The molecule has 0 amide bonds. The standard InChI is InChI=1S/C18H17N5/c1-13(11-19)12-23(2)18-15-5-3-4-6-16(15)21-17(22-18)14-7-9-20-10-8-14/h3-10,13H,12H2,1-2H3/t13-/m0/s1. The lowest BCUT2D eigenvalue weighted by atomic mass is 10.1. The normalized spacial score (nSPS) is 11.9.